The molecule has 0 bridgehead atoms. The van der Waals surface area contributed by atoms with Crippen LogP contribution in [-0.2, 0) is 21.2 Å². The molecule has 30 heavy (non-hydrogen) atoms. The zero-order chi connectivity index (χ0) is 22.5. The molecule has 0 aliphatic rings. The third-order valence-corrected chi connectivity index (χ3v) is 6.16. The first-order valence-electron chi connectivity index (χ1n) is 10.1. The van der Waals surface area contributed by atoms with Gasteiger partial charge < -0.3 is 10.1 Å². The van der Waals surface area contributed by atoms with Crippen molar-refractivity contribution in [2.75, 3.05) is 12.4 Å². The number of rotatable bonds is 9. The molecular weight excluding hydrogens is 400 g/mol. The van der Waals surface area contributed by atoms with Gasteiger partial charge in [-0.15, -0.1) is 0 Å². The van der Waals surface area contributed by atoms with E-state index in [1.54, 1.807) is 0 Å². The third-order valence-electron chi connectivity index (χ3n) is 4.72. The lowest BCUT2D eigenvalue weighted by Gasteiger charge is -2.23. The number of methoxy groups -OCH3 is 1. The van der Waals surface area contributed by atoms with E-state index in [9.17, 15) is 13.2 Å². The van der Waals surface area contributed by atoms with E-state index in [0.717, 1.165) is 12.0 Å². The Balaban J connectivity index is 2.33. The molecule has 0 unspecified atom stereocenters. The monoisotopic (exact) mass is 432 g/mol. The highest BCUT2D eigenvalue weighted by Crippen LogP contribution is 2.30. The summed E-state index contributed by atoms with van der Waals surface area (Å²) in [5.74, 6) is 0.689. The summed E-state index contributed by atoms with van der Waals surface area (Å²) in [4.78, 5) is 11.5. The van der Waals surface area contributed by atoms with E-state index in [-0.39, 0.29) is 22.8 Å². The fraction of sp³-hybridized carbons (Fsp3) is 0.435. The van der Waals surface area contributed by atoms with Crippen molar-refractivity contribution in [3.8, 4) is 5.75 Å². The number of carbonyl (C=O) groups excluding carboxylic acids is 1. The predicted molar refractivity (Wildman–Crippen MR) is 120 cm³/mol. The van der Waals surface area contributed by atoms with Crippen molar-refractivity contribution in [3.05, 3.63) is 53.6 Å². The van der Waals surface area contributed by atoms with Crippen molar-refractivity contribution in [1.82, 2.24) is 4.72 Å². The first-order chi connectivity index (χ1) is 14.0. The van der Waals surface area contributed by atoms with E-state index in [2.05, 4.69) is 36.0 Å². The van der Waals surface area contributed by atoms with Crippen molar-refractivity contribution in [1.29, 1.82) is 0 Å². The van der Waals surface area contributed by atoms with E-state index in [4.69, 9.17) is 4.74 Å². The highest BCUT2D eigenvalue weighted by molar-refractivity contribution is 7.89. The molecule has 2 rings (SSSR count). The fourth-order valence-corrected chi connectivity index (χ4v) is 4.70. The van der Waals surface area contributed by atoms with Crippen LogP contribution >= 0.6 is 0 Å². The largest absolute Gasteiger partial charge is 0.495 e. The quantitative estimate of drug-likeness (QED) is 0.610. The first kappa shape index (κ1) is 23.9. The second-order valence-corrected chi connectivity index (χ2v) is 9.94. The molecule has 2 N–H and O–H groups in total. The molecule has 1 amide bonds. The molecule has 0 aliphatic heterocycles. The second kappa shape index (κ2) is 10.1. The summed E-state index contributed by atoms with van der Waals surface area (Å²) >= 11 is 0. The fourth-order valence-electron chi connectivity index (χ4n) is 3.30. The topological polar surface area (TPSA) is 84.5 Å². The van der Waals surface area contributed by atoms with Crippen LogP contribution in [0.25, 0.3) is 0 Å². The molecule has 6 nitrogen and oxygen atoms in total. The van der Waals surface area contributed by atoms with Gasteiger partial charge in [0.2, 0.25) is 15.9 Å². The lowest BCUT2D eigenvalue weighted by molar-refractivity contribution is -0.114. The van der Waals surface area contributed by atoms with Crippen molar-refractivity contribution in [3.63, 3.8) is 0 Å². The van der Waals surface area contributed by atoms with Crippen LogP contribution in [-0.4, -0.2) is 21.4 Å². The molecule has 1 atom stereocenters. The molecule has 164 valence electrons. The Morgan fingerprint density at radius 3 is 2.17 bits per heavy atom. The Morgan fingerprint density at radius 2 is 1.67 bits per heavy atom. The highest BCUT2D eigenvalue weighted by Gasteiger charge is 2.25. The molecule has 0 heterocycles. The van der Waals surface area contributed by atoms with Gasteiger partial charge in [0.05, 0.1) is 17.7 Å². The summed E-state index contributed by atoms with van der Waals surface area (Å²) in [7, 11) is -2.36. The van der Waals surface area contributed by atoms with Crippen molar-refractivity contribution >= 4 is 21.6 Å². The number of amides is 1. The number of ether oxygens (including phenoxy) is 1. The maximum absolute atomic E-state index is 13.1. The molecular formula is C23H32N2O4S. The molecule has 7 heteroatoms. The predicted octanol–water partition coefficient (Wildman–Crippen LogP) is 4.53. The standard InChI is InChI=1S/C23H32N2O4S/c1-15(2)13-18-7-9-19(10-8-18)23(16(3)4)25-30(27,28)20-11-12-22(29-6)21(14-20)24-17(5)26/h7-12,14-16,23,25H,13H2,1-6H3,(H,24,26)/t23-/m0/s1. The van der Waals surface area contributed by atoms with E-state index in [1.165, 1.54) is 37.8 Å². The van der Waals surface area contributed by atoms with Crippen molar-refractivity contribution in [2.45, 2.75) is 52.0 Å². The van der Waals surface area contributed by atoms with E-state index in [0.29, 0.717) is 17.4 Å². The van der Waals surface area contributed by atoms with Gasteiger partial charge in [-0.1, -0.05) is 52.0 Å². The van der Waals surface area contributed by atoms with Crippen LogP contribution in [0.2, 0.25) is 0 Å². The van der Waals surface area contributed by atoms with Gasteiger partial charge in [-0.3, -0.25) is 4.79 Å². The summed E-state index contributed by atoms with van der Waals surface area (Å²) in [5.41, 5.74) is 2.46. The average molecular weight is 433 g/mol. The minimum atomic E-state index is -3.82. The van der Waals surface area contributed by atoms with E-state index in [1.807, 2.05) is 26.0 Å². The summed E-state index contributed by atoms with van der Waals surface area (Å²) in [6.45, 7) is 9.65. The number of carbonyl (C=O) groups is 1. The third kappa shape index (κ3) is 6.31. The van der Waals surface area contributed by atoms with Gasteiger partial charge in [0.15, 0.2) is 0 Å². The molecule has 0 saturated heterocycles. The molecule has 2 aromatic carbocycles. The van der Waals surface area contributed by atoms with Crippen LogP contribution in [0.1, 0.15) is 51.8 Å². The van der Waals surface area contributed by atoms with E-state index < -0.39 is 10.0 Å². The normalized spacial score (nSPS) is 12.8. The number of benzene rings is 2. The number of sulfonamides is 1. The van der Waals surface area contributed by atoms with Gasteiger partial charge in [0, 0.05) is 13.0 Å². The van der Waals surface area contributed by atoms with Crippen LogP contribution in [0.15, 0.2) is 47.4 Å². The van der Waals surface area contributed by atoms with Crippen molar-refractivity contribution in [2.24, 2.45) is 11.8 Å². The molecule has 0 fully saturated rings. The molecule has 2 aromatic rings. The molecule has 0 aliphatic carbocycles. The summed E-state index contributed by atoms with van der Waals surface area (Å²) in [5, 5.41) is 2.61. The number of hydrogen-bond acceptors (Lipinski definition) is 4. The maximum Gasteiger partial charge on any atom is 0.241 e. The van der Waals surface area contributed by atoms with Gasteiger partial charge >= 0.3 is 0 Å². The minimum Gasteiger partial charge on any atom is -0.495 e. The van der Waals surface area contributed by atoms with Gasteiger partial charge in [-0.05, 0) is 47.6 Å². The van der Waals surface area contributed by atoms with Gasteiger partial charge in [0.1, 0.15) is 5.75 Å². The summed E-state index contributed by atoms with van der Waals surface area (Å²) in [6.07, 6.45) is 0.982. The average Bonchev–Trinajstić information content (AvgIpc) is 2.65. The summed E-state index contributed by atoms with van der Waals surface area (Å²) < 4.78 is 34.2. The second-order valence-electron chi connectivity index (χ2n) is 8.23. The zero-order valence-corrected chi connectivity index (χ0v) is 19.3. The smallest absolute Gasteiger partial charge is 0.241 e. The number of anilines is 1. The SMILES string of the molecule is COc1ccc(S(=O)(=O)N[C@H](c2ccc(CC(C)C)cc2)C(C)C)cc1NC(C)=O. The zero-order valence-electron chi connectivity index (χ0n) is 18.5. The Kier molecular flexibility index (Phi) is 8.03. The van der Waals surface area contributed by atoms with Crippen LogP contribution in [0, 0.1) is 11.8 Å². The highest BCUT2D eigenvalue weighted by atomic mass is 32.2. The molecule has 0 radical (unpaired) electrons. The summed E-state index contributed by atoms with van der Waals surface area (Å²) in [6, 6.07) is 12.1. The lowest BCUT2D eigenvalue weighted by atomic mass is 9.94. The first-order valence-corrected chi connectivity index (χ1v) is 11.6. The Hall–Kier alpha value is -2.38. The number of hydrogen-bond donors (Lipinski definition) is 2. The van der Waals surface area contributed by atoms with Gasteiger partial charge in [0.25, 0.3) is 0 Å². The van der Waals surface area contributed by atoms with Crippen LogP contribution in [0.4, 0.5) is 5.69 Å². The minimum absolute atomic E-state index is 0.0452. The lowest BCUT2D eigenvalue weighted by Crippen LogP contribution is -2.32. The number of nitrogens with one attached hydrogen (secondary N) is 2. The molecule has 0 spiro atoms. The van der Waals surface area contributed by atoms with Crippen LogP contribution < -0.4 is 14.8 Å². The molecule has 0 saturated carbocycles. The molecule has 0 aromatic heterocycles. The van der Waals surface area contributed by atoms with Gasteiger partial charge in [-0.2, -0.15) is 0 Å². The van der Waals surface area contributed by atoms with Crippen LogP contribution in [0.5, 0.6) is 5.75 Å². The van der Waals surface area contributed by atoms with Gasteiger partial charge in [-0.25, -0.2) is 13.1 Å². The Morgan fingerprint density at radius 1 is 1.03 bits per heavy atom. The van der Waals surface area contributed by atoms with Crippen LogP contribution in [0.3, 0.4) is 0 Å². The van der Waals surface area contributed by atoms with E-state index >= 15 is 0 Å². The maximum atomic E-state index is 13.1. The Labute approximate surface area is 180 Å². The Bertz CT molecular complexity index is 967. The van der Waals surface area contributed by atoms with Crippen molar-refractivity contribution < 1.29 is 17.9 Å².